The second kappa shape index (κ2) is 11.9. The third-order valence-corrected chi connectivity index (χ3v) is 7.28. The highest BCUT2D eigenvalue weighted by atomic mass is 32.2. The van der Waals surface area contributed by atoms with Gasteiger partial charge < -0.3 is 9.47 Å². The van der Waals surface area contributed by atoms with Crippen molar-refractivity contribution in [1.29, 1.82) is 0 Å². The molecule has 7 nitrogen and oxygen atoms in total. The summed E-state index contributed by atoms with van der Waals surface area (Å²) in [4.78, 5) is 24.9. The van der Waals surface area contributed by atoms with Crippen molar-refractivity contribution < 1.29 is 32.0 Å². The maximum atomic E-state index is 12.7. The Hall–Kier alpha value is -1.15. The van der Waals surface area contributed by atoms with Gasteiger partial charge in [-0.25, -0.2) is 0 Å². The Balaban J connectivity index is 3.30. The lowest BCUT2D eigenvalue weighted by Gasteiger charge is -2.39. The number of unbranched alkanes of at least 4 members (excludes halogenated alkanes) is 2. The maximum Gasteiger partial charge on any atom is 0.327 e. The first-order valence-electron chi connectivity index (χ1n) is 10.9. The molecule has 0 radical (unpaired) electrons. The van der Waals surface area contributed by atoms with Crippen LogP contribution in [0.1, 0.15) is 91.9 Å². The van der Waals surface area contributed by atoms with Crippen molar-refractivity contribution in [2.75, 3.05) is 6.61 Å². The van der Waals surface area contributed by atoms with Crippen LogP contribution in [0.5, 0.6) is 0 Å². The summed E-state index contributed by atoms with van der Waals surface area (Å²) in [6.07, 6.45) is 6.53. The Morgan fingerprint density at radius 3 is 2.31 bits per heavy atom. The van der Waals surface area contributed by atoms with Crippen LogP contribution in [0.15, 0.2) is 0 Å². The summed E-state index contributed by atoms with van der Waals surface area (Å²) >= 11 is 0. The molecule has 1 N–H and O–H groups in total. The zero-order valence-corrected chi connectivity index (χ0v) is 19.1. The van der Waals surface area contributed by atoms with Gasteiger partial charge in [0.25, 0.3) is 10.1 Å². The highest BCUT2D eigenvalue weighted by Gasteiger charge is 2.42. The lowest BCUT2D eigenvalue weighted by Crippen LogP contribution is -2.43. The summed E-state index contributed by atoms with van der Waals surface area (Å²) in [6.45, 7) is 8.44. The second-order valence-electron chi connectivity index (χ2n) is 8.32. The number of hydrogen-bond donors (Lipinski definition) is 1. The molecule has 4 unspecified atom stereocenters. The standard InChI is InChI=1S/C21H38O7S/c1-5-9-11-16(7-3)17-14-21(8-4,12-10-6-2)15-27-19(22)13-18(20(23)28-17)29(24,25)26/h16-18H,5-15H2,1-4H3,(H,24,25,26). The number of carbonyl (C=O) groups excluding carboxylic acids is 2. The van der Waals surface area contributed by atoms with Crippen molar-refractivity contribution in [3.8, 4) is 0 Å². The Bertz CT molecular complexity index is 631. The van der Waals surface area contributed by atoms with Crippen molar-refractivity contribution >= 4 is 22.1 Å². The van der Waals surface area contributed by atoms with E-state index in [0.717, 1.165) is 51.4 Å². The van der Waals surface area contributed by atoms with Crippen LogP contribution in [-0.2, 0) is 29.2 Å². The molecule has 0 bridgehead atoms. The maximum absolute atomic E-state index is 12.7. The molecule has 0 aromatic rings. The monoisotopic (exact) mass is 434 g/mol. The Kier molecular flexibility index (Phi) is 10.6. The van der Waals surface area contributed by atoms with Gasteiger partial charge in [0.1, 0.15) is 6.10 Å². The van der Waals surface area contributed by atoms with E-state index < -0.39 is 39.8 Å². The summed E-state index contributed by atoms with van der Waals surface area (Å²) < 4.78 is 44.0. The van der Waals surface area contributed by atoms with Gasteiger partial charge in [0.15, 0.2) is 5.25 Å². The molecule has 0 saturated carbocycles. The zero-order chi connectivity index (χ0) is 22.1. The fourth-order valence-electron chi connectivity index (χ4n) is 4.04. The molecule has 8 heteroatoms. The lowest BCUT2D eigenvalue weighted by atomic mass is 9.73. The number of ether oxygens (including phenoxy) is 2. The molecule has 0 amide bonds. The normalized spacial score (nSPS) is 27.8. The molecular formula is C21H38O7S. The van der Waals surface area contributed by atoms with Crippen LogP contribution in [-0.4, -0.2) is 42.9 Å². The predicted octanol–water partition coefficient (Wildman–Crippen LogP) is 4.29. The van der Waals surface area contributed by atoms with Crippen molar-refractivity contribution in [2.45, 2.75) is 103 Å². The van der Waals surface area contributed by atoms with Crippen molar-refractivity contribution in [3.05, 3.63) is 0 Å². The van der Waals surface area contributed by atoms with Gasteiger partial charge in [0.05, 0.1) is 13.0 Å². The molecule has 1 fully saturated rings. The molecule has 4 atom stereocenters. The minimum absolute atomic E-state index is 0.0867. The zero-order valence-electron chi connectivity index (χ0n) is 18.3. The van der Waals surface area contributed by atoms with Crippen molar-refractivity contribution in [2.24, 2.45) is 11.3 Å². The molecule has 1 rings (SSSR count). The minimum atomic E-state index is -4.77. The van der Waals surface area contributed by atoms with Gasteiger partial charge in [-0.3, -0.25) is 14.1 Å². The third kappa shape index (κ3) is 7.89. The van der Waals surface area contributed by atoms with E-state index in [9.17, 15) is 22.6 Å². The number of cyclic esters (lactones) is 2. The summed E-state index contributed by atoms with van der Waals surface area (Å²) in [5.41, 5.74) is -0.318. The first-order valence-corrected chi connectivity index (χ1v) is 12.4. The van der Waals surface area contributed by atoms with E-state index in [1.54, 1.807) is 0 Å². The number of carbonyl (C=O) groups is 2. The summed E-state index contributed by atoms with van der Waals surface area (Å²) in [6, 6.07) is 0. The van der Waals surface area contributed by atoms with Crippen LogP contribution in [0.3, 0.4) is 0 Å². The molecule has 0 aliphatic carbocycles. The summed E-state index contributed by atoms with van der Waals surface area (Å²) in [7, 11) is -4.77. The summed E-state index contributed by atoms with van der Waals surface area (Å²) in [5.74, 6) is -1.79. The van der Waals surface area contributed by atoms with Crippen molar-refractivity contribution in [1.82, 2.24) is 0 Å². The highest BCUT2D eigenvalue weighted by Crippen LogP contribution is 2.39. The quantitative estimate of drug-likeness (QED) is 0.403. The van der Waals surface area contributed by atoms with E-state index in [1.165, 1.54) is 0 Å². The lowest BCUT2D eigenvalue weighted by molar-refractivity contribution is -0.164. The number of esters is 2. The third-order valence-electron chi connectivity index (χ3n) is 6.20. The van der Waals surface area contributed by atoms with Gasteiger partial charge >= 0.3 is 11.9 Å². The first-order chi connectivity index (χ1) is 13.6. The topological polar surface area (TPSA) is 107 Å². The fraction of sp³-hybridized carbons (Fsp3) is 0.905. The molecule has 170 valence electrons. The Morgan fingerprint density at radius 1 is 1.14 bits per heavy atom. The van der Waals surface area contributed by atoms with Crippen LogP contribution in [0, 0.1) is 11.3 Å². The van der Waals surface area contributed by atoms with Gasteiger partial charge in [0.2, 0.25) is 0 Å². The second-order valence-corrected chi connectivity index (χ2v) is 9.91. The van der Waals surface area contributed by atoms with Gasteiger partial charge in [-0.1, -0.05) is 53.4 Å². The largest absolute Gasteiger partial charge is 0.465 e. The smallest absolute Gasteiger partial charge is 0.327 e. The van der Waals surface area contributed by atoms with Crippen LogP contribution in [0.2, 0.25) is 0 Å². The van der Waals surface area contributed by atoms with Gasteiger partial charge in [0, 0.05) is 5.41 Å². The van der Waals surface area contributed by atoms with Gasteiger partial charge in [-0.2, -0.15) is 8.42 Å². The number of rotatable bonds is 10. The molecule has 29 heavy (non-hydrogen) atoms. The molecule has 1 heterocycles. The number of hydrogen-bond acceptors (Lipinski definition) is 6. The predicted molar refractivity (Wildman–Crippen MR) is 111 cm³/mol. The van der Waals surface area contributed by atoms with Crippen molar-refractivity contribution in [3.63, 3.8) is 0 Å². The Morgan fingerprint density at radius 2 is 1.79 bits per heavy atom. The summed E-state index contributed by atoms with van der Waals surface area (Å²) in [5, 5.41) is -1.94. The average molecular weight is 435 g/mol. The van der Waals surface area contributed by atoms with E-state index >= 15 is 0 Å². The molecule has 1 aliphatic heterocycles. The van der Waals surface area contributed by atoms with E-state index in [-0.39, 0.29) is 17.9 Å². The average Bonchev–Trinajstić information content (AvgIpc) is 2.67. The molecule has 1 saturated heterocycles. The van der Waals surface area contributed by atoms with Gasteiger partial charge in [-0.15, -0.1) is 0 Å². The van der Waals surface area contributed by atoms with E-state index in [0.29, 0.717) is 6.42 Å². The minimum Gasteiger partial charge on any atom is -0.465 e. The van der Waals surface area contributed by atoms with E-state index in [4.69, 9.17) is 9.47 Å². The molecule has 0 aromatic heterocycles. The van der Waals surface area contributed by atoms with Crippen LogP contribution >= 0.6 is 0 Å². The van der Waals surface area contributed by atoms with E-state index in [1.807, 2.05) is 13.8 Å². The van der Waals surface area contributed by atoms with Crippen LogP contribution in [0.25, 0.3) is 0 Å². The highest BCUT2D eigenvalue weighted by molar-refractivity contribution is 7.87. The van der Waals surface area contributed by atoms with Crippen LogP contribution < -0.4 is 0 Å². The van der Waals surface area contributed by atoms with E-state index in [2.05, 4.69) is 13.8 Å². The first kappa shape index (κ1) is 25.9. The molecule has 0 spiro atoms. The Labute approximate surface area is 175 Å². The SMILES string of the molecule is CCCCC(CC)C1CC(CC)(CCCC)COC(=O)CC(S(=O)(=O)O)C(=O)O1. The van der Waals surface area contributed by atoms with Crippen LogP contribution in [0.4, 0.5) is 0 Å². The molecule has 1 aliphatic rings. The molecular weight excluding hydrogens is 396 g/mol. The fourth-order valence-corrected chi connectivity index (χ4v) is 4.68. The molecule has 0 aromatic carbocycles. The van der Waals surface area contributed by atoms with Gasteiger partial charge in [-0.05, 0) is 38.0 Å².